The van der Waals surface area contributed by atoms with E-state index in [1.54, 1.807) is 42.3 Å². The number of piperazine rings is 1. The van der Waals surface area contributed by atoms with Crippen LogP contribution in [0.1, 0.15) is 10.4 Å². The van der Waals surface area contributed by atoms with Crippen molar-refractivity contribution >= 4 is 22.6 Å². The largest absolute Gasteiger partial charge is 0.494 e. The highest BCUT2D eigenvalue weighted by atomic mass is 19.1. The highest BCUT2D eigenvalue weighted by molar-refractivity contribution is 5.97. The first-order valence-electron chi connectivity index (χ1n) is 9.04. The molecule has 7 nitrogen and oxygen atoms in total. The van der Waals surface area contributed by atoms with Gasteiger partial charge in [-0.3, -0.25) is 9.36 Å². The number of benzene rings is 2. The second kappa shape index (κ2) is 7.03. The zero-order valence-corrected chi connectivity index (χ0v) is 15.7. The van der Waals surface area contributed by atoms with Gasteiger partial charge in [0.25, 0.3) is 5.91 Å². The molecule has 1 aliphatic rings. The Labute approximate surface area is 160 Å². The minimum Gasteiger partial charge on any atom is -0.494 e. The standard InChI is InChI=1S/C20H21FN4O3/c1-23-17-6-3-13(11-16(17)22-20(23)27)19(26)25-9-7-24(8-10-25)14-4-5-15(21)18(12-14)28-2/h3-6,11-12H,7-10H2,1-2H3,(H,22,27). The molecule has 1 aromatic heterocycles. The number of carbonyl (C=O) groups is 1. The minimum atomic E-state index is -0.394. The van der Waals surface area contributed by atoms with Gasteiger partial charge in [0.15, 0.2) is 11.6 Å². The van der Waals surface area contributed by atoms with Crippen LogP contribution in [0.5, 0.6) is 5.75 Å². The molecule has 1 amide bonds. The van der Waals surface area contributed by atoms with Crippen LogP contribution >= 0.6 is 0 Å². The van der Waals surface area contributed by atoms with Crippen LogP contribution in [-0.2, 0) is 7.05 Å². The number of aryl methyl sites for hydroxylation is 1. The average Bonchev–Trinajstić information content (AvgIpc) is 3.01. The number of hydrogen-bond donors (Lipinski definition) is 1. The molecule has 2 aromatic carbocycles. The van der Waals surface area contributed by atoms with Crippen molar-refractivity contribution in [1.29, 1.82) is 0 Å². The minimum absolute atomic E-state index is 0.0667. The van der Waals surface area contributed by atoms with Crippen LogP contribution in [0, 0.1) is 5.82 Å². The molecular formula is C20H21FN4O3. The van der Waals surface area contributed by atoms with E-state index in [4.69, 9.17) is 4.74 Å². The number of nitrogens with one attached hydrogen (secondary N) is 1. The first-order valence-corrected chi connectivity index (χ1v) is 9.04. The predicted molar refractivity (Wildman–Crippen MR) is 105 cm³/mol. The third-order valence-electron chi connectivity index (χ3n) is 5.22. The fourth-order valence-electron chi connectivity index (χ4n) is 3.57. The van der Waals surface area contributed by atoms with Crippen LogP contribution in [0.3, 0.4) is 0 Å². The van der Waals surface area contributed by atoms with E-state index in [0.29, 0.717) is 37.3 Å². The number of hydrogen-bond acceptors (Lipinski definition) is 4. The van der Waals surface area contributed by atoms with Crippen molar-refractivity contribution in [2.75, 3.05) is 38.2 Å². The van der Waals surface area contributed by atoms with E-state index in [1.165, 1.54) is 17.7 Å². The summed E-state index contributed by atoms with van der Waals surface area (Å²) < 4.78 is 20.2. The zero-order valence-electron chi connectivity index (χ0n) is 15.7. The topological polar surface area (TPSA) is 70.6 Å². The first kappa shape index (κ1) is 18.1. The quantitative estimate of drug-likeness (QED) is 0.750. The van der Waals surface area contributed by atoms with Gasteiger partial charge in [0.05, 0.1) is 18.1 Å². The number of rotatable bonds is 3. The molecule has 0 saturated carbocycles. The number of fused-ring (bicyclic) bond motifs is 1. The number of methoxy groups -OCH3 is 1. The molecule has 2 heterocycles. The molecular weight excluding hydrogens is 363 g/mol. The molecule has 3 aromatic rings. The SMILES string of the molecule is COc1cc(N2CCN(C(=O)c3ccc4c(c3)[nH]c(=O)n4C)CC2)ccc1F. The van der Waals surface area contributed by atoms with Gasteiger partial charge in [0.1, 0.15) is 0 Å². The van der Waals surface area contributed by atoms with Gasteiger partial charge < -0.3 is 19.5 Å². The van der Waals surface area contributed by atoms with Gasteiger partial charge in [0.2, 0.25) is 0 Å². The highest BCUT2D eigenvalue weighted by Gasteiger charge is 2.23. The molecule has 0 aliphatic carbocycles. The van der Waals surface area contributed by atoms with E-state index in [0.717, 1.165) is 11.2 Å². The summed E-state index contributed by atoms with van der Waals surface area (Å²) in [5.74, 6) is -0.251. The number of H-pyrrole nitrogens is 1. The van der Waals surface area contributed by atoms with Crippen molar-refractivity contribution in [3.05, 3.63) is 58.3 Å². The van der Waals surface area contributed by atoms with E-state index in [1.807, 2.05) is 0 Å². The number of aromatic nitrogens is 2. The molecule has 4 rings (SSSR count). The van der Waals surface area contributed by atoms with Crippen molar-refractivity contribution in [3.63, 3.8) is 0 Å². The molecule has 1 fully saturated rings. The van der Waals surface area contributed by atoms with Crippen molar-refractivity contribution in [2.45, 2.75) is 0 Å². The number of aromatic amines is 1. The maximum Gasteiger partial charge on any atom is 0.326 e. The highest BCUT2D eigenvalue weighted by Crippen LogP contribution is 2.25. The Morgan fingerprint density at radius 3 is 2.57 bits per heavy atom. The molecule has 0 unspecified atom stereocenters. The Hall–Kier alpha value is -3.29. The summed E-state index contributed by atoms with van der Waals surface area (Å²) in [7, 11) is 3.13. The van der Waals surface area contributed by atoms with Gasteiger partial charge in [-0.1, -0.05) is 0 Å². The Morgan fingerprint density at radius 2 is 1.86 bits per heavy atom. The maximum atomic E-state index is 13.6. The molecule has 146 valence electrons. The van der Waals surface area contributed by atoms with Crippen LogP contribution in [0.2, 0.25) is 0 Å². The molecule has 0 atom stereocenters. The van der Waals surface area contributed by atoms with Crippen LogP contribution < -0.4 is 15.3 Å². The number of imidazole rings is 1. The van der Waals surface area contributed by atoms with E-state index >= 15 is 0 Å². The smallest absolute Gasteiger partial charge is 0.326 e. The van der Waals surface area contributed by atoms with Crippen LogP contribution in [0.25, 0.3) is 11.0 Å². The fraction of sp³-hybridized carbons (Fsp3) is 0.300. The summed E-state index contributed by atoms with van der Waals surface area (Å²) in [6.07, 6.45) is 0. The lowest BCUT2D eigenvalue weighted by atomic mass is 10.1. The Kier molecular flexibility index (Phi) is 4.54. The Morgan fingerprint density at radius 1 is 1.11 bits per heavy atom. The predicted octanol–water partition coefficient (Wildman–Crippen LogP) is 1.98. The number of amides is 1. The number of halogens is 1. The van der Waals surface area contributed by atoms with Gasteiger partial charge in [-0.2, -0.15) is 0 Å². The first-order chi connectivity index (χ1) is 13.5. The number of ether oxygens (including phenoxy) is 1. The number of carbonyl (C=O) groups excluding carboxylic acids is 1. The number of anilines is 1. The van der Waals surface area contributed by atoms with Gasteiger partial charge in [0, 0.05) is 50.5 Å². The second-order valence-electron chi connectivity index (χ2n) is 6.82. The zero-order chi connectivity index (χ0) is 19.8. The van der Waals surface area contributed by atoms with Gasteiger partial charge in [-0.15, -0.1) is 0 Å². The van der Waals surface area contributed by atoms with Crippen LogP contribution in [0.15, 0.2) is 41.2 Å². The molecule has 1 N–H and O–H groups in total. The molecule has 28 heavy (non-hydrogen) atoms. The lowest BCUT2D eigenvalue weighted by Gasteiger charge is -2.36. The third-order valence-corrected chi connectivity index (χ3v) is 5.22. The van der Waals surface area contributed by atoms with Gasteiger partial charge in [-0.25, -0.2) is 9.18 Å². The molecule has 1 saturated heterocycles. The lowest BCUT2D eigenvalue weighted by molar-refractivity contribution is 0.0747. The Balaban J connectivity index is 1.47. The van der Waals surface area contributed by atoms with Crippen LogP contribution in [0.4, 0.5) is 10.1 Å². The van der Waals surface area contributed by atoms with Crippen molar-refractivity contribution in [3.8, 4) is 5.75 Å². The molecule has 1 aliphatic heterocycles. The van der Waals surface area contributed by atoms with E-state index in [2.05, 4.69) is 9.88 Å². The lowest BCUT2D eigenvalue weighted by Crippen LogP contribution is -2.48. The van der Waals surface area contributed by atoms with E-state index < -0.39 is 5.82 Å². The molecule has 8 heteroatoms. The van der Waals surface area contributed by atoms with Crippen molar-refractivity contribution in [2.24, 2.45) is 7.05 Å². The van der Waals surface area contributed by atoms with Crippen molar-refractivity contribution in [1.82, 2.24) is 14.5 Å². The van der Waals surface area contributed by atoms with E-state index in [-0.39, 0.29) is 17.3 Å². The maximum absolute atomic E-state index is 13.6. The summed E-state index contributed by atoms with van der Waals surface area (Å²) >= 11 is 0. The molecule has 0 spiro atoms. The van der Waals surface area contributed by atoms with Gasteiger partial charge in [-0.05, 0) is 30.3 Å². The monoisotopic (exact) mass is 384 g/mol. The van der Waals surface area contributed by atoms with Crippen molar-refractivity contribution < 1.29 is 13.9 Å². The molecule has 0 radical (unpaired) electrons. The average molecular weight is 384 g/mol. The summed E-state index contributed by atoms with van der Waals surface area (Å²) in [4.78, 5) is 31.2. The summed E-state index contributed by atoms with van der Waals surface area (Å²) in [5.41, 5.74) is 2.62. The summed E-state index contributed by atoms with van der Waals surface area (Å²) in [6, 6.07) is 10.0. The second-order valence-corrected chi connectivity index (χ2v) is 6.82. The van der Waals surface area contributed by atoms with E-state index in [9.17, 15) is 14.0 Å². The van der Waals surface area contributed by atoms with Crippen LogP contribution in [-0.4, -0.2) is 53.6 Å². The molecule has 0 bridgehead atoms. The fourth-order valence-corrected chi connectivity index (χ4v) is 3.57. The van der Waals surface area contributed by atoms with Gasteiger partial charge >= 0.3 is 5.69 Å². The number of nitrogens with zero attached hydrogens (tertiary/aromatic N) is 3. The summed E-state index contributed by atoms with van der Waals surface area (Å²) in [6.45, 7) is 2.40. The Bertz CT molecular complexity index is 1100. The third kappa shape index (κ3) is 3.11. The summed E-state index contributed by atoms with van der Waals surface area (Å²) in [5, 5.41) is 0. The normalized spacial score (nSPS) is 14.5.